The van der Waals surface area contributed by atoms with Gasteiger partial charge in [0.05, 0.1) is 23.4 Å². The highest BCUT2D eigenvalue weighted by Gasteiger charge is 2.49. The van der Waals surface area contributed by atoms with E-state index in [0.29, 0.717) is 15.8 Å². The molecule has 0 bridgehead atoms. The molecule has 9 heteroatoms. The zero-order chi connectivity index (χ0) is 21.4. The van der Waals surface area contributed by atoms with E-state index in [2.05, 4.69) is 36.8 Å². The number of esters is 1. The quantitative estimate of drug-likeness (QED) is 0.275. The number of nitrogens with zero attached hydrogens (tertiary/aromatic N) is 1. The first-order chi connectivity index (χ1) is 14.4. The monoisotopic (exact) mass is 536 g/mol. The van der Waals surface area contributed by atoms with Crippen LogP contribution in [0.1, 0.15) is 30.4 Å². The highest BCUT2D eigenvalue weighted by molar-refractivity contribution is 9.11. The SMILES string of the molecule is CCOC(=O)C[C@@H]1Oc2c(Br)cc(Br)cc2[C@H](c2c[nH]c3ccccc23)[C@H]1[N+](=O)[O-]. The van der Waals surface area contributed by atoms with Crippen molar-refractivity contribution in [2.45, 2.75) is 31.4 Å². The fourth-order valence-electron chi connectivity index (χ4n) is 4.06. The Balaban J connectivity index is 1.92. The summed E-state index contributed by atoms with van der Waals surface area (Å²) in [6, 6.07) is 10.1. The lowest BCUT2D eigenvalue weighted by Crippen LogP contribution is -2.47. The minimum absolute atomic E-state index is 0.202. The van der Waals surface area contributed by atoms with Crippen molar-refractivity contribution in [3.8, 4) is 5.75 Å². The Hall–Kier alpha value is -2.39. The highest BCUT2D eigenvalue weighted by atomic mass is 79.9. The van der Waals surface area contributed by atoms with Crippen LogP contribution in [-0.4, -0.2) is 34.6 Å². The molecule has 156 valence electrons. The zero-order valence-corrected chi connectivity index (χ0v) is 19.1. The number of nitro groups is 1. The Morgan fingerprint density at radius 2 is 2.03 bits per heavy atom. The van der Waals surface area contributed by atoms with E-state index in [1.54, 1.807) is 13.1 Å². The molecule has 30 heavy (non-hydrogen) atoms. The van der Waals surface area contributed by atoms with Crippen LogP contribution < -0.4 is 4.74 Å². The first-order valence-corrected chi connectivity index (χ1v) is 11.0. The third kappa shape index (κ3) is 3.72. The minimum atomic E-state index is -1.16. The van der Waals surface area contributed by atoms with Gasteiger partial charge in [-0.3, -0.25) is 14.9 Å². The van der Waals surface area contributed by atoms with Gasteiger partial charge in [0, 0.05) is 32.1 Å². The second-order valence-electron chi connectivity index (χ2n) is 7.01. The summed E-state index contributed by atoms with van der Waals surface area (Å²) in [5, 5.41) is 13.2. The lowest BCUT2D eigenvalue weighted by Gasteiger charge is -2.35. The molecule has 1 N–H and O–H groups in total. The molecule has 0 saturated heterocycles. The van der Waals surface area contributed by atoms with Crippen molar-refractivity contribution in [3.63, 3.8) is 0 Å². The van der Waals surface area contributed by atoms with Gasteiger partial charge >= 0.3 is 5.97 Å². The largest absolute Gasteiger partial charge is 0.481 e. The Labute approximate surface area is 189 Å². The second kappa shape index (κ2) is 8.39. The predicted molar refractivity (Wildman–Crippen MR) is 118 cm³/mol. The van der Waals surface area contributed by atoms with Crippen LogP contribution in [0.5, 0.6) is 5.75 Å². The molecular weight excluding hydrogens is 520 g/mol. The van der Waals surface area contributed by atoms with Crippen molar-refractivity contribution in [1.82, 2.24) is 4.98 Å². The lowest BCUT2D eigenvalue weighted by molar-refractivity contribution is -0.537. The number of aromatic nitrogens is 1. The summed E-state index contributed by atoms with van der Waals surface area (Å²) in [5.41, 5.74) is 2.36. The van der Waals surface area contributed by atoms with Crippen LogP contribution in [-0.2, 0) is 9.53 Å². The summed E-state index contributed by atoms with van der Waals surface area (Å²) in [5.74, 6) is -0.641. The predicted octanol–water partition coefficient (Wildman–Crippen LogP) is 5.18. The van der Waals surface area contributed by atoms with Gasteiger partial charge in [-0.2, -0.15) is 0 Å². The Bertz CT molecular complexity index is 1130. The maximum absolute atomic E-state index is 12.3. The number of rotatable bonds is 5. The average molecular weight is 538 g/mol. The van der Waals surface area contributed by atoms with E-state index in [1.807, 2.05) is 36.4 Å². The zero-order valence-electron chi connectivity index (χ0n) is 15.9. The Kier molecular flexibility index (Phi) is 5.84. The van der Waals surface area contributed by atoms with E-state index >= 15 is 0 Å². The number of ether oxygens (including phenoxy) is 2. The molecule has 3 aromatic rings. The van der Waals surface area contributed by atoms with E-state index in [9.17, 15) is 14.9 Å². The van der Waals surface area contributed by atoms with Crippen LogP contribution in [0, 0.1) is 10.1 Å². The van der Waals surface area contributed by atoms with Gasteiger partial charge in [-0.1, -0.05) is 34.1 Å². The molecule has 1 aliphatic rings. The summed E-state index contributed by atoms with van der Waals surface area (Å²) < 4.78 is 12.5. The number of nitrogens with one attached hydrogen (secondary N) is 1. The average Bonchev–Trinajstić information content (AvgIpc) is 3.11. The van der Waals surface area contributed by atoms with Gasteiger partial charge in [0.25, 0.3) is 6.04 Å². The van der Waals surface area contributed by atoms with E-state index in [-0.39, 0.29) is 18.0 Å². The van der Waals surface area contributed by atoms with Crippen molar-refractivity contribution in [2.24, 2.45) is 0 Å². The van der Waals surface area contributed by atoms with Crippen molar-refractivity contribution in [3.05, 3.63) is 72.8 Å². The van der Waals surface area contributed by atoms with E-state index in [1.165, 1.54) is 0 Å². The van der Waals surface area contributed by atoms with Gasteiger partial charge in [0.2, 0.25) is 0 Å². The van der Waals surface area contributed by atoms with Gasteiger partial charge in [-0.05, 0) is 46.6 Å². The molecule has 4 rings (SSSR count). The van der Waals surface area contributed by atoms with Gasteiger partial charge in [0.1, 0.15) is 5.75 Å². The van der Waals surface area contributed by atoms with Crippen LogP contribution in [0.4, 0.5) is 0 Å². The van der Waals surface area contributed by atoms with Gasteiger partial charge in [-0.15, -0.1) is 0 Å². The van der Waals surface area contributed by atoms with Crippen LogP contribution >= 0.6 is 31.9 Å². The molecule has 3 atom stereocenters. The van der Waals surface area contributed by atoms with Crippen LogP contribution in [0.15, 0.2) is 51.5 Å². The van der Waals surface area contributed by atoms with E-state index < -0.39 is 24.0 Å². The number of hydrogen-bond acceptors (Lipinski definition) is 5. The molecule has 1 aliphatic heterocycles. The van der Waals surface area contributed by atoms with Crippen molar-refractivity contribution >= 4 is 48.7 Å². The number of carbonyl (C=O) groups is 1. The van der Waals surface area contributed by atoms with Gasteiger partial charge < -0.3 is 14.5 Å². The lowest BCUT2D eigenvalue weighted by atomic mass is 9.79. The highest BCUT2D eigenvalue weighted by Crippen LogP contribution is 2.48. The molecule has 1 aromatic heterocycles. The first kappa shape index (κ1) is 20.9. The second-order valence-corrected chi connectivity index (χ2v) is 8.78. The van der Waals surface area contributed by atoms with Crippen LogP contribution in [0.2, 0.25) is 0 Å². The van der Waals surface area contributed by atoms with Crippen molar-refractivity contribution in [2.75, 3.05) is 6.61 Å². The molecule has 7 nitrogen and oxygen atoms in total. The number of halogens is 2. The summed E-state index contributed by atoms with van der Waals surface area (Å²) in [6.07, 6.45) is 0.625. The molecule has 0 radical (unpaired) electrons. The van der Waals surface area contributed by atoms with E-state index in [0.717, 1.165) is 20.9 Å². The summed E-state index contributed by atoms with van der Waals surface area (Å²) >= 11 is 6.98. The van der Waals surface area contributed by atoms with Crippen LogP contribution in [0.25, 0.3) is 10.9 Å². The summed E-state index contributed by atoms with van der Waals surface area (Å²) in [6.45, 7) is 1.90. The fraction of sp³-hybridized carbons (Fsp3) is 0.286. The first-order valence-electron chi connectivity index (χ1n) is 9.41. The van der Waals surface area contributed by atoms with Crippen molar-refractivity contribution in [1.29, 1.82) is 0 Å². The maximum atomic E-state index is 12.3. The number of carbonyl (C=O) groups excluding carboxylic acids is 1. The molecule has 0 unspecified atom stereocenters. The molecule has 2 heterocycles. The topological polar surface area (TPSA) is 94.5 Å². The number of para-hydroxylation sites is 1. The third-order valence-electron chi connectivity index (χ3n) is 5.24. The molecule has 0 fully saturated rings. The smallest absolute Gasteiger partial charge is 0.309 e. The number of fused-ring (bicyclic) bond motifs is 2. The third-order valence-corrected chi connectivity index (χ3v) is 6.28. The summed E-state index contributed by atoms with van der Waals surface area (Å²) in [4.78, 5) is 27.3. The van der Waals surface area contributed by atoms with Gasteiger partial charge in [-0.25, -0.2) is 0 Å². The maximum Gasteiger partial charge on any atom is 0.309 e. The normalized spacial score (nSPS) is 20.4. The number of H-pyrrole nitrogens is 1. The number of aromatic amines is 1. The summed E-state index contributed by atoms with van der Waals surface area (Å²) in [7, 11) is 0. The number of benzene rings is 2. The molecule has 0 spiro atoms. The minimum Gasteiger partial charge on any atom is -0.481 e. The van der Waals surface area contributed by atoms with E-state index in [4.69, 9.17) is 9.47 Å². The van der Waals surface area contributed by atoms with Crippen LogP contribution in [0.3, 0.4) is 0 Å². The number of hydrogen-bond donors (Lipinski definition) is 1. The molecule has 0 amide bonds. The molecule has 0 saturated carbocycles. The van der Waals surface area contributed by atoms with Gasteiger partial charge in [0.15, 0.2) is 6.10 Å². The van der Waals surface area contributed by atoms with Crippen molar-refractivity contribution < 1.29 is 19.2 Å². The molecular formula is C21H18Br2N2O5. The fourth-order valence-corrected chi connectivity index (χ4v) is 5.41. The molecule has 2 aromatic carbocycles. The molecule has 0 aliphatic carbocycles. The Morgan fingerprint density at radius 3 is 2.77 bits per heavy atom. The standard InChI is InChI=1S/C21H18Br2N2O5/c1-2-29-18(26)9-17-20(25(27)28)19(13-7-11(22)8-15(23)21(13)30-17)14-10-24-16-6-4-3-5-12(14)16/h3-8,10,17,19-20,24H,2,9H2,1H3/t17-,19+,20-/m0/s1. The Morgan fingerprint density at radius 1 is 1.27 bits per heavy atom.